The van der Waals surface area contributed by atoms with Crippen LogP contribution in [0, 0.1) is 6.92 Å². The van der Waals surface area contributed by atoms with Gasteiger partial charge < -0.3 is 24.4 Å². The Kier molecular flexibility index (Phi) is 6.66. The number of anilines is 4. The summed E-state index contributed by atoms with van der Waals surface area (Å²) in [7, 11) is 0. The first-order valence-corrected chi connectivity index (χ1v) is 11.7. The Balaban J connectivity index is 1.39. The number of aromatic nitrogens is 3. The lowest BCUT2D eigenvalue weighted by atomic mass is 10.2. The minimum atomic E-state index is 0.224. The highest BCUT2D eigenvalue weighted by atomic mass is 79.9. The summed E-state index contributed by atoms with van der Waals surface area (Å²) in [5.74, 6) is 2.59. The third-order valence-electron chi connectivity index (χ3n) is 5.19. The Morgan fingerprint density at radius 1 is 1.06 bits per heavy atom. The zero-order chi connectivity index (χ0) is 23.5. The van der Waals surface area contributed by atoms with E-state index in [-0.39, 0.29) is 6.79 Å². The van der Waals surface area contributed by atoms with Crippen LogP contribution in [-0.4, -0.2) is 54.3 Å². The molecule has 0 bridgehead atoms. The zero-order valence-electron chi connectivity index (χ0n) is 18.2. The second-order valence-corrected chi connectivity index (χ2v) is 8.83. The third-order valence-corrected chi connectivity index (χ3v) is 6.25. The Bertz CT molecular complexity index is 1240. The predicted octanol–water partition coefficient (Wildman–Crippen LogP) is 4.35. The van der Waals surface area contributed by atoms with Crippen LogP contribution in [0.25, 0.3) is 0 Å². The molecule has 0 amide bonds. The van der Waals surface area contributed by atoms with Crippen LogP contribution in [0.3, 0.4) is 0 Å². The molecule has 34 heavy (non-hydrogen) atoms. The summed E-state index contributed by atoms with van der Waals surface area (Å²) in [5.41, 5.74) is 5.45. The summed E-state index contributed by atoms with van der Waals surface area (Å²) >= 11 is 9.88. The normalized spacial score (nSPS) is 15.1. The fourth-order valence-corrected chi connectivity index (χ4v) is 4.12. The first-order valence-electron chi connectivity index (χ1n) is 10.6. The molecule has 176 valence electrons. The van der Waals surface area contributed by atoms with Gasteiger partial charge in [0.1, 0.15) is 0 Å². The molecule has 2 aliphatic heterocycles. The summed E-state index contributed by atoms with van der Waals surface area (Å²) in [6.45, 7) is 4.75. The van der Waals surface area contributed by atoms with E-state index in [0.29, 0.717) is 54.9 Å². The number of rotatable bonds is 6. The first-order chi connectivity index (χ1) is 16.5. The highest BCUT2D eigenvalue weighted by molar-refractivity contribution is 9.10. The Hall–Kier alpha value is -3.15. The molecule has 2 aromatic carbocycles. The minimum Gasteiger partial charge on any atom is -0.454 e. The summed E-state index contributed by atoms with van der Waals surface area (Å²) in [6, 6.07) is 9.34. The van der Waals surface area contributed by atoms with Gasteiger partial charge in [-0.1, -0.05) is 11.6 Å². The number of halogens is 2. The SMILES string of the molecule is Cc1cc(Br)c(Nc2nc(N/N=C/c3ccc4c(c3)OCO4)nc(N3CCOCC3)n2)cc1Cl. The van der Waals surface area contributed by atoms with E-state index in [9.17, 15) is 0 Å². The van der Waals surface area contributed by atoms with Gasteiger partial charge in [0, 0.05) is 22.6 Å². The van der Waals surface area contributed by atoms with Crippen LogP contribution in [0.2, 0.25) is 5.02 Å². The van der Waals surface area contributed by atoms with Gasteiger partial charge in [0.05, 0.1) is 25.1 Å². The zero-order valence-corrected chi connectivity index (χ0v) is 20.6. The second-order valence-electron chi connectivity index (χ2n) is 7.57. The number of benzene rings is 2. The molecule has 0 unspecified atom stereocenters. The van der Waals surface area contributed by atoms with Crippen molar-refractivity contribution in [1.29, 1.82) is 0 Å². The second kappa shape index (κ2) is 10.00. The molecule has 5 rings (SSSR count). The van der Waals surface area contributed by atoms with E-state index in [0.717, 1.165) is 27.0 Å². The fraction of sp³-hybridized carbons (Fsp3) is 0.273. The van der Waals surface area contributed by atoms with Crippen LogP contribution in [0.5, 0.6) is 11.5 Å². The van der Waals surface area contributed by atoms with Gasteiger partial charge >= 0.3 is 0 Å². The summed E-state index contributed by atoms with van der Waals surface area (Å²) < 4.78 is 17.1. The molecule has 12 heteroatoms. The lowest BCUT2D eigenvalue weighted by Gasteiger charge is -2.27. The van der Waals surface area contributed by atoms with Crippen LogP contribution in [-0.2, 0) is 4.74 Å². The Labute approximate surface area is 209 Å². The molecule has 1 aromatic heterocycles. The van der Waals surface area contributed by atoms with Crippen molar-refractivity contribution in [2.75, 3.05) is 48.7 Å². The molecule has 3 aromatic rings. The molecule has 0 saturated carbocycles. The van der Waals surface area contributed by atoms with Gasteiger partial charge in [-0.25, -0.2) is 5.43 Å². The van der Waals surface area contributed by atoms with Gasteiger partial charge in [0.25, 0.3) is 0 Å². The highest BCUT2D eigenvalue weighted by Crippen LogP contribution is 2.32. The molecule has 10 nitrogen and oxygen atoms in total. The number of aryl methyl sites for hydroxylation is 1. The van der Waals surface area contributed by atoms with E-state index >= 15 is 0 Å². The van der Waals surface area contributed by atoms with E-state index in [4.69, 9.17) is 25.8 Å². The minimum absolute atomic E-state index is 0.224. The number of morpholine rings is 1. The highest BCUT2D eigenvalue weighted by Gasteiger charge is 2.18. The van der Waals surface area contributed by atoms with Crippen molar-refractivity contribution < 1.29 is 14.2 Å². The van der Waals surface area contributed by atoms with Crippen LogP contribution in [0.1, 0.15) is 11.1 Å². The third kappa shape index (κ3) is 5.16. The van der Waals surface area contributed by atoms with Crippen LogP contribution >= 0.6 is 27.5 Å². The first kappa shape index (κ1) is 22.6. The number of ether oxygens (including phenoxy) is 3. The quantitative estimate of drug-likeness (QED) is 0.345. The van der Waals surface area contributed by atoms with Gasteiger partial charge in [-0.15, -0.1) is 0 Å². The summed E-state index contributed by atoms with van der Waals surface area (Å²) in [6.07, 6.45) is 1.66. The van der Waals surface area contributed by atoms with Crippen molar-refractivity contribution in [2.24, 2.45) is 5.10 Å². The van der Waals surface area contributed by atoms with Crippen molar-refractivity contribution in [2.45, 2.75) is 6.92 Å². The van der Waals surface area contributed by atoms with Gasteiger partial charge in [-0.3, -0.25) is 0 Å². The number of hydrogen-bond acceptors (Lipinski definition) is 10. The van der Waals surface area contributed by atoms with Crippen molar-refractivity contribution in [3.63, 3.8) is 0 Å². The van der Waals surface area contributed by atoms with E-state index in [1.807, 2.05) is 42.2 Å². The predicted molar refractivity (Wildman–Crippen MR) is 134 cm³/mol. The lowest BCUT2D eigenvalue weighted by Crippen LogP contribution is -2.37. The van der Waals surface area contributed by atoms with Crippen LogP contribution in [0.4, 0.5) is 23.5 Å². The number of fused-ring (bicyclic) bond motifs is 1. The number of nitrogens with zero attached hydrogens (tertiary/aromatic N) is 5. The molecule has 1 fully saturated rings. The van der Waals surface area contributed by atoms with Crippen LogP contribution in [0.15, 0.2) is 39.9 Å². The maximum Gasteiger partial charge on any atom is 0.250 e. The van der Waals surface area contributed by atoms with E-state index in [1.54, 1.807) is 6.21 Å². The smallest absolute Gasteiger partial charge is 0.250 e. The van der Waals surface area contributed by atoms with Gasteiger partial charge in [-0.05, 0) is 64.3 Å². The monoisotopic (exact) mass is 545 g/mol. The largest absolute Gasteiger partial charge is 0.454 e. The topological polar surface area (TPSA) is 106 Å². The molecular weight excluding hydrogens is 526 g/mol. The Morgan fingerprint density at radius 3 is 2.71 bits per heavy atom. The molecule has 0 aliphatic carbocycles. The number of hydrazone groups is 1. The molecule has 0 radical (unpaired) electrons. The average Bonchev–Trinajstić information content (AvgIpc) is 3.31. The molecule has 0 spiro atoms. The van der Waals surface area contributed by atoms with Crippen molar-refractivity contribution >= 4 is 57.3 Å². The van der Waals surface area contributed by atoms with Crippen molar-refractivity contribution in [3.05, 3.63) is 51.0 Å². The fourth-order valence-electron chi connectivity index (χ4n) is 3.40. The van der Waals surface area contributed by atoms with Gasteiger partial charge in [0.15, 0.2) is 11.5 Å². The van der Waals surface area contributed by atoms with Gasteiger partial charge in [0.2, 0.25) is 24.6 Å². The number of hydrogen-bond donors (Lipinski definition) is 2. The van der Waals surface area contributed by atoms with Crippen molar-refractivity contribution in [1.82, 2.24) is 15.0 Å². The summed E-state index contributed by atoms with van der Waals surface area (Å²) in [5, 5.41) is 8.15. The molecule has 0 atom stereocenters. The number of nitrogens with one attached hydrogen (secondary N) is 2. The molecular formula is C22H21BrClN7O3. The maximum atomic E-state index is 6.31. The maximum absolute atomic E-state index is 6.31. The van der Waals surface area contributed by atoms with Gasteiger partial charge in [-0.2, -0.15) is 20.1 Å². The van der Waals surface area contributed by atoms with E-state index < -0.39 is 0 Å². The molecule has 3 heterocycles. The van der Waals surface area contributed by atoms with Crippen LogP contribution < -0.4 is 25.1 Å². The lowest BCUT2D eigenvalue weighted by molar-refractivity contribution is 0.122. The standard InChI is InChI=1S/C22H21BrClN7O3/c1-13-8-15(23)17(10-16(13)24)26-20-27-21(29-22(28-20)31-4-6-32-7-5-31)30-25-11-14-2-3-18-19(9-14)34-12-33-18/h2-3,8-11H,4-7,12H2,1H3,(H2,26,27,28,29,30)/b25-11+. The Morgan fingerprint density at radius 2 is 1.85 bits per heavy atom. The average molecular weight is 547 g/mol. The summed E-state index contributed by atoms with van der Waals surface area (Å²) in [4.78, 5) is 15.7. The molecule has 2 N–H and O–H groups in total. The molecule has 1 saturated heterocycles. The van der Waals surface area contributed by atoms with Crippen molar-refractivity contribution in [3.8, 4) is 11.5 Å². The molecule has 2 aliphatic rings. The van der Waals surface area contributed by atoms with E-state index in [1.165, 1.54) is 0 Å². The van der Waals surface area contributed by atoms with E-state index in [2.05, 4.69) is 46.7 Å².